The number of rotatable bonds is 6. The molecule has 1 aromatic carbocycles. The Morgan fingerprint density at radius 2 is 1.86 bits per heavy atom. The van der Waals surface area contributed by atoms with Gasteiger partial charge in [-0.1, -0.05) is 35.5 Å². The van der Waals surface area contributed by atoms with Crippen molar-refractivity contribution in [3.63, 3.8) is 0 Å². The molecule has 2 heterocycles. The molecule has 1 amide bonds. The molecule has 1 aliphatic rings. The molecule has 0 saturated heterocycles. The fraction of sp³-hybridized carbons (Fsp3) is 0.333. The van der Waals surface area contributed by atoms with Crippen molar-refractivity contribution in [3.8, 4) is 23.1 Å². The first-order valence-electron chi connectivity index (χ1n) is 9.57. The highest BCUT2D eigenvalue weighted by Gasteiger charge is 2.25. The van der Waals surface area contributed by atoms with Crippen LogP contribution in [-0.4, -0.2) is 40.3 Å². The van der Waals surface area contributed by atoms with Gasteiger partial charge >= 0.3 is 0 Å². The summed E-state index contributed by atoms with van der Waals surface area (Å²) in [6.07, 6.45) is 6.42. The smallest absolute Gasteiger partial charge is 0.273 e. The Labute approximate surface area is 168 Å². The molecule has 1 N–H and O–H groups in total. The highest BCUT2D eigenvalue weighted by atomic mass is 16.5. The number of carbonyl (C=O) groups excluding carboxylic acids is 1. The number of aromatic nitrogens is 3. The minimum Gasteiger partial charge on any atom is -0.480 e. The van der Waals surface area contributed by atoms with Crippen LogP contribution >= 0.6 is 0 Å². The fourth-order valence-electron chi connectivity index (χ4n) is 3.36. The Morgan fingerprint density at radius 1 is 1.10 bits per heavy atom. The Balaban J connectivity index is 1.28. The van der Waals surface area contributed by atoms with Crippen LogP contribution in [-0.2, 0) is 0 Å². The first-order chi connectivity index (χ1) is 14.2. The van der Waals surface area contributed by atoms with Crippen LogP contribution in [0.1, 0.15) is 36.2 Å². The molecule has 0 spiro atoms. The molecule has 1 fully saturated rings. The van der Waals surface area contributed by atoms with Gasteiger partial charge in [-0.2, -0.15) is 4.98 Å². The van der Waals surface area contributed by atoms with E-state index in [2.05, 4.69) is 20.4 Å². The van der Waals surface area contributed by atoms with Crippen molar-refractivity contribution in [2.24, 2.45) is 0 Å². The highest BCUT2D eigenvalue weighted by Crippen LogP contribution is 2.24. The van der Waals surface area contributed by atoms with E-state index in [0.29, 0.717) is 17.5 Å². The van der Waals surface area contributed by atoms with E-state index in [-0.39, 0.29) is 23.7 Å². The number of amides is 1. The maximum Gasteiger partial charge on any atom is 0.273 e. The Hall–Kier alpha value is -3.42. The second kappa shape index (κ2) is 8.72. The van der Waals surface area contributed by atoms with E-state index in [9.17, 15) is 4.79 Å². The van der Waals surface area contributed by atoms with Gasteiger partial charge in [-0.25, -0.2) is 0 Å². The number of carbonyl (C=O) groups is 1. The average molecular weight is 394 g/mol. The van der Waals surface area contributed by atoms with E-state index >= 15 is 0 Å². The monoisotopic (exact) mass is 394 g/mol. The van der Waals surface area contributed by atoms with Crippen molar-refractivity contribution in [1.29, 1.82) is 0 Å². The van der Waals surface area contributed by atoms with Crippen LogP contribution in [0, 0.1) is 0 Å². The lowest BCUT2D eigenvalue weighted by Crippen LogP contribution is -2.39. The standard InChI is InChI=1S/C21H22N4O4/c1-27-19-12-22-13-20(24-19)28-16-9-7-15(8-10-16)23-21(26)17-11-18(29-25-17)14-5-3-2-4-6-14/h2-6,11-13,15-16H,7-10H2,1H3,(H,23,26). The van der Waals surface area contributed by atoms with Gasteiger partial charge in [0.1, 0.15) is 6.10 Å². The number of nitrogens with one attached hydrogen (secondary N) is 1. The molecule has 3 aromatic rings. The molecular formula is C21H22N4O4. The molecule has 2 aromatic heterocycles. The molecule has 0 bridgehead atoms. The van der Waals surface area contributed by atoms with Crippen molar-refractivity contribution in [2.75, 3.05) is 7.11 Å². The number of nitrogens with zero attached hydrogens (tertiary/aromatic N) is 3. The van der Waals surface area contributed by atoms with E-state index in [4.69, 9.17) is 14.0 Å². The summed E-state index contributed by atoms with van der Waals surface area (Å²) in [6, 6.07) is 11.3. The van der Waals surface area contributed by atoms with Crippen LogP contribution in [0.4, 0.5) is 0 Å². The van der Waals surface area contributed by atoms with Crippen molar-refractivity contribution in [2.45, 2.75) is 37.8 Å². The first kappa shape index (κ1) is 18.9. The Kier molecular flexibility index (Phi) is 5.69. The molecule has 1 saturated carbocycles. The minimum atomic E-state index is -0.223. The fourth-order valence-corrected chi connectivity index (χ4v) is 3.36. The number of benzene rings is 1. The Morgan fingerprint density at radius 3 is 2.62 bits per heavy atom. The van der Waals surface area contributed by atoms with E-state index in [1.807, 2.05) is 30.3 Å². The maximum atomic E-state index is 12.5. The second-order valence-electron chi connectivity index (χ2n) is 6.91. The summed E-state index contributed by atoms with van der Waals surface area (Å²) in [7, 11) is 1.54. The van der Waals surface area contributed by atoms with Crippen LogP contribution in [0.15, 0.2) is 53.3 Å². The van der Waals surface area contributed by atoms with Crippen LogP contribution in [0.3, 0.4) is 0 Å². The number of methoxy groups -OCH3 is 1. The molecule has 0 aliphatic heterocycles. The highest BCUT2D eigenvalue weighted by molar-refractivity contribution is 5.93. The van der Waals surface area contributed by atoms with Gasteiger partial charge in [-0.3, -0.25) is 9.78 Å². The van der Waals surface area contributed by atoms with E-state index in [1.165, 1.54) is 6.20 Å². The molecule has 29 heavy (non-hydrogen) atoms. The first-order valence-corrected chi connectivity index (χ1v) is 9.57. The largest absolute Gasteiger partial charge is 0.480 e. The lowest BCUT2D eigenvalue weighted by molar-refractivity contribution is 0.0880. The van der Waals surface area contributed by atoms with Gasteiger partial charge in [-0.15, -0.1) is 0 Å². The van der Waals surface area contributed by atoms with Crippen molar-refractivity contribution in [1.82, 2.24) is 20.4 Å². The van der Waals surface area contributed by atoms with Crippen molar-refractivity contribution >= 4 is 5.91 Å². The van der Waals surface area contributed by atoms with Gasteiger partial charge in [0.15, 0.2) is 11.5 Å². The number of hydrogen-bond acceptors (Lipinski definition) is 7. The Bertz CT molecular complexity index is 952. The molecule has 0 unspecified atom stereocenters. The van der Waals surface area contributed by atoms with Crippen molar-refractivity contribution in [3.05, 3.63) is 54.5 Å². The third-order valence-corrected chi connectivity index (χ3v) is 4.90. The van der Waals surface area contributed by atoms with Crippen LogP contribution in [0.2, 0.25) is 0 Å². The zero-order valence-electron chi connectivity index (χ0n) is 16.1. The van der Waals surface area contributed by atoms with Gasteiger partial charge in [0.2, 0.25) is 11.8 Å². The van der Waals surface area contributed by atoms with E-state index in [1.54, 1.807) is 19.4 Å². The zero-order valence-corrected chi connectivity index (χ0v) is 16.1. The molecule has 0 atom stereocenters. The van der Waals surface area contributed by atoms with Gasteiger partial charge in [0.25, 0.3) is 5.91 Å². The zero-order chi connectivity index (χ0) is 20.1. The topological polar surface area (TPSA) is 99.4 Å². The van der Waals surface area contributed by atoms with E-state index in [0.717, 1.165) is 31.2 Å². The predicted octanol–water partition coefficient (Wildman–Crippen LogP) is 3.26. The summed E-state index contributed by atoms with van der Waals surface area (Å²) >= 11 is 0. The van der Waals surface area contributed by atoms with Crippen LogP contribution in [0.25, 0.3) is 11.3 Å². The molecule has 4 rings (SSSR count). The quantitative estimate of drug-likeness (QED) is 0.685. The molecule has 8 nitrogen and oxygen atoms in total. The van der Waals surface area contributed by atoms with E-state index < -0.39 is 0 Å². The average Bonchev–Trinajstić information content (AvgIpc) is 3.26. The van der Waals surface area contributed by atoms with Crippen LogP contribution in [0.5, 0.6) is 11.8 Å². The molecule has 150 valence electrons. The van der Waals surface area contributed by atoms with Gasteiger partial charge < -0.3 is 19.3 Å². The summed E-state index contributed by atoms with van der Waals surface area (Å²) in [6.45, 7) is 0. The summed E-state index contributed by atoms with van der Waals surface area (Å²) in [5.74, 6) is 1.23. The molecular weight excluding hydrogens is 372 g/mol. The second-order valence-corrected chi connectivity index (χ2v) is 6.91. The summed E-state index contributed by atoms with van der Waals surface area (Å²) in [5.41, 5.74) is 1.17. The van der Waals surface area contributed by atoms with Gasteiger partial charge in [0.05, 0.1) is 19.5 Å². The summed E-state index contributed by atoms with van der Waals surface area (Å²) in [4.78, 5) is 20.8. The number of ether oxygens (including phenoxy) is 2. The third kappa shape index (κ3) is 4.71. The van der Waals surface area contributed by atoms with Crippen molar-refractivity contribution < 1.29 is 18.8 Å². The van der Waals surface area contributed by atoms with Gasteiger partial charge in [0, 0.05) is 17.7 Å². The summed E-state index contributed by atoms with van der Waals surface area (Å²) < 4.78 is 16.3. The normalized spacial score (nSPS) is 18.8. The maximum absolute atomic E-state index is 12.5. The molecule has 0 radical (unpaired) electrons. The predicted molar refractivity (Wildman–Crippen MR) is 105 cm³/mol. The molecule has 1 aliphatic carbocycles. The third-order valence-electron chi connectivity index (χ3n) is 4.90. The minimum absolute atomic E-state index is 0.0429. The summed E-state index contributed by atoms with van der Waals surface area (Å²) in [5, 5.41) is 6.94. The lowest BCUT2D eigenvalue weighted by Gasteiger charge is -2.28. The van der Waals surface area contributed by atoms with Crippen LogP contribution < -0.4 is 14.8 Å². The van der Waals surface area contributed by atoms with Gasteiger partial charge in [-0.05, 0) is 25.7 Å². The SMILES string of the molecule is COc1cncc(OC2CCC(NC(=O)c3cc(-c4ccccc4)on3)CC2)n1. The molecule has 8 heteroatoms. The lowest BCUT2D eigenvalue weighted by atomic mass is 9.93. The number of hydrogen-bond donors (Lipinski definition) is 1.